The van der Waals surface area contributed by atoms with Crippen LogP contribution in [0.4, 0.5) is 5.82 Å². The van der Waals surface area contributed by atoms with Gasteiger partial charge in [0.25, 0.3) is 21.9 Å². The molecular formula is C20H24N6O4S. The van der Waals surface area contributed by atoms with E-state index in [0.29, 0.717) is 11.8 Å². The number of sulfonamides is 1. The molecule has 0 saturated carbocycles. The van der Waals surface area contributed by atoms with Gasteiger partial charge < -0.3 is 5.32 Å². The Balaban J connectivity index is 1.91. The summed E-state index contributed by atoms with van der Waals surface area (Å²) in [6.07, 6.45) is 3.17. The molecule has 3 rings (SSSR count). The lowest BCUT2D eigenvalue weighted by Crippen LogP contribution is -2.25. The number of carbonyl (C=O) groups excluding carboxylic acids is 1. The summed E-state index contributed by atoms with van der Waals surface area (Å²) >= 11 is 0. The van der Waals surface area contributed by atoms with Gasteiger partial charge in [0.15, 0.2) is 0 Å². The number of aromatic nitrogens is 4. The second-order valence-electron chi connectivity index (χ2n) is 7.70. The Kier molecular flexibility index (Phi) is 6.20. The fraction of sp³-hybridized carbons (Fsp3) is 0.300. The highest BCUT2D eigenvalue weighted by Gasteiger charge is 2.24. The molecule has 0 radical (unpaired) electrons. The number of hydroxylamine groups is 1. The number of nitrogens with zero attached hydrogens (tertiary/aromatic N) is 5. The first-order valence-corrected chi connectivity index (χ1v) is 10.8. The van der Waals surface area contributed by atoms with Gasteiger partial charge in [-0.15, -0.1) is 0 Å². The normalized spacial score (nSPS) is 12.2. The lowest BCUT2D eigenvalue weighted by molar-refractivity contribution is -0.0258. The second-order valence-corrected chi connectivity index (χ2v) is 9.64. The van der Waals surface area contributed by atoms with Gasteiger partial charge in [0, 0.05) is 36.5 Å². The Labute approximate surface area is 180 Å². The van der Waals surface area contributed by atoms with Gasteiger partial charge >= 0.3 is 0 Å². The number of hydrogen-bond donors (Lipinski definition) is 1. The molecule has 3 aromatic rings. The number of amides is 1. The van der Waals surface area contributed by atoms with Crippen LogP contribution in [-0.2, 0) is 20.3 Å². The van der Waals surface area contributed by atoms with Crippen molar-refractivity contribution >= 4 is 21.7 Å². The Bertz CT molecular complexity index is 1170. The van der Waals surface area contributed by atoms with Crippen molar-refractivity contribution in [3.8, 4) is 5.95 Å². The van der Waals surface area contributed by atoms with Crippen LogP contribution in [0.5, 0.6) is 0 Å². The maximum Gasteiger partial charge on any atom is 0.264 e. The van der Waals surface area contributed by atoms with Crippen LogP contribution in [0.2, 0.25) is 0 Å². The third-order valence-corrected chi connectivity index (χ3v) is 6.16. The molecule has 11 heteroatoms. The SMILES string of the molecule is CON(C)S(=O)(=O)c1ccc(C(=O)Nc2cc(C(C)(C)C)nn2-c2ncccn2)cc1. The van der Waals surface area contributed by atoms with Crippen molar-refractivity contribution in [2.45, 2.75) is 31.1 Å². The molecule has 0 aliphatic heterocycles. The van der Waals surface area contributed by atoms with E-state index < -0.39 is 15.9 Å². The van der Waals surface area contributed by atoms with Gasteiger partial charge in [0.2, 0.25) is 0 Å². The maximum absolute atomic E-state index is 12.8. The summed E-state index contributed by atoms with van der Waals surface area (Å²) in [5.74, 6) is 0.288. The maximum atomic E-state index is 12.8. The van der Waals surface area contributed by atoms with E-state index in [4.69, 9.17) is 4.84 Å². The van der Waals surface area contributed by atoms with Crippen molar-refractivity contribution in [3.63, 3.8) is 0 Å². The molecule has 0 saturated heterocycles. The minimum absolute atomic E-state index is 0.00569. The number of nitrogens with one attached hydrogen (secondary N) is 1. The van der Waals surface area contributed by atoms with Gasteiger partial charge in [-0.2, -0.15) is 9.78 Å². The number of hydrogen-bond acceptors (Lipinski definition) is 7. The molecule has 0 aliphatic carbocycles. The number of anilines is 1. The molecule has 0 fully saturated rings. The van der Waals surface area contributed by atoms with Crippen LogP contribution < -0.4 is 5.32 Å². The molecule has 1 N–H and O–H groups in total. The largest absolute Gasteiger partial charge is 0.306 e. The molecule has 0 atom stereocenters. The van der Waals surface area contributed by atoms with Crippen LogP contribution in [0.25, 0.3) is 5.95 Å². The molecule has 31 heavy (non-hydrogen) atoms. The van der Waals surface area contributed by atoms with Crippen LogP contribution in [0.3, 0.4) is 0 Å². The van der Waals surface area contributed by atoms with E-state index in [1.807, 2.05) is 20.8 Å². The van der Waals surface area contributed by atoms with E-state index in [1.54, 1.807) is 24.5 Å². The van der Waals surface area contributed by atoms with E-state index >= 15 is 0 Å². The van der Waals surface area contributed by atoms with Crippen molar-refractivity contribution in [3.05, 3.63) is 60.0 Å². The summed E-state index contributed by atoms with van der Waals surface area (Å²) < 4.78 is 26.8. The smallest absolute Gasteiger partial charge is 0.264 e. The first-order valence-electron chi connectivity index (χ1n) is 9.36. The first-order chi connectivity index (χ1) is 14.5. The summed E-state index contributed by atoms with van der Waals surface area (Å²) in [5, 5.41) is 7.36. The van der Waals surface area contributed by atoms with E-state index in [-0.39, 0.29) is 15.9 Å². The Morgan fingerprint density at radius 1 is 1.13 bits per heavy atom. The van der Waals surface area contributed by atoms with Crippen molar-refractivity contribution in [2.24, 2.45) is 0 Å². The molecule has 0 aliphatic rings. The number of carbonyl (C=O) groups is 1. The molecule has 0 unspecified atom stereocenters. The Morgan fingerprint density at radius 2 is 1.74 bits per heavy atom. The first kappa shape index (κ1) is 22.5. The lowest BCUT2D eigenvalue weighted by atomic mass is 9.92. The van der Waals surface area contributed by atoms with Crippen molar-refractivity contribution in [1.29, 1.82) is 0 Å². The van der Waals surface area contributed by atoms with E-state index in [1.165, 1.54) is 43.1 Å². The van der Waals surface area contributed by atoms with Crippen molar-refractivity contribution in [2.75, 3.05) is 19.5 Å². The van der Waals surface area contributed by atoms with Crippen LogP contribution in [0.1, 0.15) is 36.8 Å². The van der Waals surface area contributed by atoms with Gasteiger partial charge in [0.1, 0.15) is 5.82 Å². The Hall–Kier alpha value is -3.15. The molecule has 1 amide bonds. The summed E-state index contributed by atoms with van der Waals surface area (Å²) in [6.45, 7) is 6.02. The fourth-order valence-corrected chi connectivity index (χ4v) is 3.58. The highest BCUT2D eigenvalue weighted by Crippen LogP contribution is 2.26. The van der Waals surface area contributed by atoms with Crippen LogP contribution in [0.15, 0.2) is 53.7 Å². The predicted molar refractivity (Wildman–Crippen MR) is 114 cm³/mol. The summed E-state index contributed by atoms with van der Waals surface area (Å²) in [7, 11) is -1.26. The van der Waals surface area contributed by atoms with Gasteiger partial charge in [-0.05, 0) is 30.3 Å². The molecule has 10 nitrogen and oxygen atoms in total. The molecule has 2 aromatic heterocycles. The van der Waals surface area contributed by atoms with Gasteiger partial charge in [-0.25, -0.2) is 18.4 Å². The van der Waals surface area contributed by atoms with Crippen LogP contribution >= 0.6 is 0 Å². The minimum Gasteiger partial charge on any atom is -0.306 e. The zero-order valence-corrected chi connectivity index (χ0v) is 18.7. The number of benzene rings is 1. The van der Waals surface area contributed by atoms with E-state index in [2.05, 4.69) is 20.4 Å². The molecule has 2 heterocycles. The fourth-order valence-electron chi connectivity index (χ4n) is 2.60. The molecule has 164 valence electrons. The molecule has 1 aromatic carbocycles. The van der Waals surface area contributed by atoms with Gasteiger partial charge in [-0.3, -0.25) is 9.63 Å². The molecular weight excluding hydrogens is 420 g/mol. The third-order valence-electron chi connectivity index (χ3n) is 4.47. The van der Waals surface area contributed by atoms with Gasteiger partial charge in [-0.1, -0.05) is 25.2 Å². The van der Waals surface area contributed by atoms with E-state index in [9.17, 15) is 13.2 Å². The van der Waals surface area contributed by atoms with Crippen LogP contribution in [-0.4, -0.2) is 52.7 Å². The summed E-state index contributed by atoms with van der Waals surface area (Å²) in [4.78, 5) is 26.0. The zero-order chi connectivity index (χ0) is 22.8. The number of rotatable bonds is 6. The second kappa shape index (κ2) is 8.53. The zero-order valence-electron chi connectivity index (χ0n) is 17.9. The van der Waals surface area contributed by atoms with Crippen molar-refractivity contribution < 1.29 is 18.0 Å². The minimum atomic E-state index is -3.80. The van der Waals surface area contributed by atoms with E-state index in [0.717, 1.165) is 10.2 Å². The Morgan fingerprint density at radius 3 is 2.29 bits per heavy atom. The average Bonchev–Trinajstić information content (AvgIpc) is 3.18. The predicted octanol–water partition coefficient (Wildman–Crippen LogP) is 2.39. The highest BCUT2D eigenvalue weighted by atomic mass is 32.2. The monoisotopic (exact) mass is 444 g/mol. The topological polar surface area (TPSA) is 119 Å². The summed E-state index contributed by atoms with van der Waals surface area (Å²) in [6, 6.07) is 9.00. The lowest BCUT2D eigenvalue weighted by Gasteiger charge is -2.14. The summed E-state index contributed by atoms with van der Waals surface area (Å²) in [5.41, 5.74) is 0.764. The van der Waals surface area contributed by atoms with Crippen molar-refractivity contribution in [1.82, 2.24) is 24.2 Å². The third kappa shape index (κ3) is 4.79. The van der Waals surface area contributed by atoms with Gasteiger partial charge in [0.05, 0.1) is 17.7 Å². The molecule has 0 bridgehead atoms. The quantitative estimate of drug-likeness (QED) is 0.580. The van der Waals surface area contributed by atoms with Crippen LogP contribution in [0, 0.1) is 0 Å². The average molecular weight is 445 g/mol. The highest BCUT2D eigenvalue weighted by molar-refractivity contribution is 7.89. The standard InChI is InChI=1S/C20H24N6O4S/c1-20(2,3)16-13-17(26(24-16)19-21-11-6-12-22-19)23-18(27)14-7-9-15(10-8-14)31(28,29)25(4)30-5/h6-13H,1-5H3,(H,23,27). The molecule has 0 spiro atoms.